The van der Waals surface area contributed by atoms with Crippen LogP contribution in [0.3, 0.4) is 0 Å². The molecule has 1 aliphatic rings. The minimum Gasteiger partial charge on any atom is -0.328 e. The summed E-state index contributed by atoms with van der Waals surface area (Å²) in [5, 5.41) is 0. The summed E-state index contributed by atoms with van der Waals surface area (Å²) < 4.78 is 10.3. The average molecular weight is 579 g/mol. The van der Waals surface area contributed by atoms with Crippen LogP contribution in [-0.2, 0) is 30.5 Å². The molecule has 0 aromatic heterocycles. The van der Waals surface area contributed by atoms with Crippen molar-refractivity contribution in [1.29, 1.82) is 0 Å². The van der Waals surface area contributed by atoms with E-state index in [1.807, 2.05) is 0 Å². The number of hydrogen-bond donors (Lipinski definition) is 2. The van der Waals surface area contributed by atoms with Crippen molar-refractivity contribution in [2.75, 3.05) is 13.1 Å². The van der Waals surface area contributed by atoms with Gasteiger partial charge in [-0.2, -0.15) is 0 Å². The Morgan fingerprint density at radius 3 is 1.67 bits per heavy atom. The van der Waals surface area contributed by atoms with Crippen molar-refractivity contribution in [2.45, 2.75) is 14.0 Å². The fourth-order valence-electron chi connectivity index (χ4n) is 0.932. The van der Waals surface area contributed by atoms with Crippen LogP contribution in [0.2, 0.25) is 0 Å². The van der Waals surface area contributed by atoms with E-state index in [2.05, 4.69) is 45.2 Å². The van der Waals surface area contributed by atoms with Gasteiger partial charge in [0.1, 0.15) is 12.2 Å². The van der Waals surface area contributed by atoms with Gasteiger partial charge >= 0.3 is 0 Å². The second kappa shape index (κ2) is 5.77. The molecule has 0 aromatic carbocycles. The van der Waals surface area contributed by atoms with Crippen LogP contribution < -0.4 is 11.5 Å². The van der Waals surface area contributed by atoms with E-state index in [0.717, 1.165) is 0 Å². The molecule has 1 saturated heterocycles. The number of nitrogens with two attached hydrogens (primary N) is 2. The van der Waals surface area contributed by atoms with E-state index in [9.17, 15) is 0 Å². The third-order valence-electron chi connectivity index (χ3n) is 1.46. The molecule has 1 fully saturated rings. The zero-order valence-electron chi connectivity index (χ0n) is 6.11. The first-order valence-corrected chi connectivity index (χ1v) is 5.38. The molecule has 0 radical (unpaired) electrons. The zero-order chi connectivity index (χ0) is 8.48. The molecule has 0 aromatic rings. The van der Waals surface area contributed by atoms with Crippen LogP contribution in [0.4, 0.5) is 0 Å². The molecule has 0 unspecified atom stereocenters. The minimum atomic E-state index is -0.580. The maximum absolute atomic E-state index is 5.45. The first-order valence-electron chi connectivity index (χ1n) is 3.22. The Balaban J connectivity index is 0.00000121. The molecule has 0 saturated carbocycles. The molecule has 2 atom stereocenters. The molecular formula is C5H10I2N2O2Pt. The Labute approximate surface area is 113 Å². The smallest absolute Gasteiger partial charge is 0.275 e. The van der Waals surface area contributed by atoms with Crippen LogP contribution in [-0.4, -0.2) is 27.1 Å². The van der Waals surface area contributed by atoms with Crippen LogP contribution in [0.1, 0.15) is 0 Å². The van der Waals surface area contributed by atoms with Gasteiger partial charge in [-0.05, 0) is 0 Å². The van der Waals surface area contributed by atoms with E-state index in [-0.39, 0.29) is 33.3 Å². The van der Waals surface area contributed by atoms with Crippen LogP contribution in [0.25, 0.3) is 0 Å². The van der Waals surface area contributed by atoms with Crippen LogP contribution >= 0.6 is 45.2 Å². The summed E-state index contributed by atoms with van der Waals surface area (Å²) >= 11 is 4.15. The molecule has 7 heteroatoms. The maximum Gasteiger partial charge on any atom is 0.275 e. The largest absolute Gasteiger partial charge is 0.328 e. The van der Waals surface area contributed by atoms with Gasteiger partial charge in [0.05, 0.1) is 0 Å². The Hall–Kier alpha value is 1.99. The predicted octanol–water partition coefficient (Wildman–Crippen LogP) is 0.167. The first kappa shape index (κ1) is 14.0. The van der Waals surface area contributed by atoms with Crippen molar-refractivity contribution in [3.05, 3.63) is 0 Å². The van der Waals surface area contributed by atoms with Crippen molar-refractivity contribution >= 4 is 45.2 Å². The van der Waals surface area contributed by atoms with Gasteiger partial charge in [0.2, 0.25) is 0 Å². The third-order valence-corrected chi connectivity index (χ3v) is 2.47. The minimum absolute atomic E-state index is 0. The Bertz CT molecular complexity index is 135. The van der Waals surface area contributed by atoms with Gasteiger partial charge in [-0.15, -0.1) is 0 Å². The fraction of sp³-hybridized carbons (Fsp3) is 1.00. The van der Waals surface area contributed by atoms with Crippen molar-refractivity contribution in [3.8, 4) is 0 Å². The monoisotopic (exact) mass is 579 g/mol. The number of rotatable bonds is 2. The molecule has 0 bridgehead atoms. The second-order valence-corrected chi connectivity index (χ2v) is 7.15. The van der Waals surface area contributed by atoms with E-state index >= 15 is 0 Å². The van der Waals surface area contributed by atoms with Crippen molar-refractivity contribution in [3.63, 3.8) is 0 Å². The molecule has 1 heterocycles. The van der Waals surface area contributed by atoms with Crippen molar-refractivity contribution in [2.24, 2.45) is 11.5 Å². The molecular weight excluding hydrogens is 569 g/mol. The SMILES string of the molecule is NC[C@H]1OC(I)(I)O[C@@H]1CN.[Pt]. The first-order chi connectivity index (χ1) is 5.09. The molecule has 76 valence electrons. The Morgan fingerprint density at radius 2 is 1.42 bits per heavy atom. The topological polar surface area (TPSA) is 70.5 Å². The van der Waals surface area contributed by atoms with Gasteiger partial charge < -0.3 is 20.9 Å². The van der Waals surface area contributed by atoms with E-state index in [0.29, 0.717) is 13.1 Å². The summed E-state index contributed by atoms with van der Waals surface area (Å²) in [5.41, 5.74) is 10.9. The summed E-state index contributed by atoms with van der Waals surface area (Å²) in [4.78, 5) is 0. The number of ether oxygens (including phenoxy) is 2. The van der Waals surface area contributed by atoms with E-state index < -0.39 is 1.80 Å². The summed E-state index contributed by atoms with van der Waals surface area (Å²) in [6.07, 6.45) is -0.123. The van der Waals surface area contributed by atoms with Crippen LogP contribution in [0.15, 0.2) is 0 Å². The number of alkyl halides is 2. The molecule has 0 amide bonds. The van der Waals surface area contributed by atoms with Crippen molar-refractivity contribution < 1.29 is 30.5 Å². The number of hydrogen-bond acceptors (Lipinski definition) is 4. The summed E-state index contributed by atoms with van der Waals surface area (Å²) in [7, 11) is 0. The van der Waals surface area contributed by atoms with Gasteiger partial charge in [-0.1, -0.05) is 0 Å². The molecule has 0 spiro atoms. The Kier molecular flexibility index (Phi) is 6.72. The maximum atomic E-state index is 5.45. The molecule has 1 aliphatic heterocycles. The van der Waals surface area contributed by atoms with Gasteiger partial charge in [-0.25, -0.2) is 0 Å². The predicted molar refractivity (Wildman–Crippen MR) is 58.6 cm³/mol. The van der Waals surface area contributed by atoms with Gasteiger partial charge in [0.25, 0.3) is 1.80 Å². The molecule has 4 nitrogen and oxygen atoms in total. The van der Waals surface area contributed by atoms with Crippen molar-refractivity contribution in [1.82, 2.24) is 0 Å². The standard InChI is InChI=1S/C5H10I2N2O2.Pt/c6-5(7)10-3(1-8)4(2-9)11-5;/h3-4H,1-2,8-9H2;/t3-,4-;/m1./s1. The quantitative estimate of drug-likeness (QED) is 0.362. The second-order valence-electron chi connectivity index (χ2n) is 2.25. The molecule has 0 aliphatic carbocycles. The summed E-state index contributed by atoms with van der Waals surface area (Å²) in [6.45, 7) is 0.908. The molecule has 12 heavy (non-hydrogen) atoms. The van der Waals surface area contributed by atoms with E-state index in [1.165, 1.54) is 0 Å². The van der Waals surface area contributed by atoms with Gasteiger partial charge in [0.15, 0.2) is 0 Å². The molecule has 1 rings (SSSR count). The number of halogens is 2. The normalized spacial score (nSPS) is 33.0. The van der Waals surface area contributed by atoms with Crippen LogP contribution in [0.5, 0.6) is 0 Å². The average Bonchev–Trinajstić information content (AvgIpc) is 2.25. The zero-order valence-corrected chi connectivity index (χ0v) is 12.7. The summed E-state index contributed by atoms with van der Waals surface area (Å²) in [5.74, 6) is 0. The third kappa shape index (κ3) is 3.62. The van der Waals surface area contributed by atoms with E-state index in [4.69, 9.17) is 20.9 Å². The molecule has 4 N–H and O–H groups in total. The van der Waals surface area contributed by atoms with E-state index in [1.54, 1.807) is 0 Å². The van der Waals surface area contributed by atoms with Gasteiger partial charge in [0, 0.05) is 79.3 Å². The Morgan fingerprint density at radius 1 is 1.08 bits per heavy atom. The van der Waals surface area contributed by atoms with Crippen LogP contribution in [0, 0.1) is 0 Å². The fourth-order valence-corrected chi connectivity index (χ4v) is 2.24. The van der Waals surface area contributed by atoms with Gasteiger partial charge in [-0.3, -0.25) is 0 Å². The summed E-state index contributed by atoms with van der Waals surface area (Å²) in [6, 6.07) is 0.